The standard InChI is InChI=1S/C34H33F7N2O5/c1-19(22-14-23(33(36,37)38)16-24(15-22)34(39,40)41)48-28-13-12-26(29(28)21-8-10-25(35)11-9-21)27(44)17-32(2,30(42)45)43-31(46)47-18-20-6-4-3-5-7-20/h3-11,14-16,19,26,28-29H,12-13,17-18H2,1-2H3,(H2,42,45)(H,43,46)/t19-,26+,28+,29+,32-/m1/s1. The Bertz CT molecular complexity index is 1580. The fourth-order valence-corrected chi connectivity index (χ4v) is 5.82. The number of halogens is 7. The topological polar surface area (TPSA) is 108 Å². The van der Waals surface area contributed by atoms with Crippen LogP contribution in [0.5, 0.6) is 0 Å². The van der Waals surface area contributed by atoms with E-state index >= 15 is 0 Å². The van der Waals surface area contributed by atoms with E-state index in [1.807, 2.05) is 0 Å². The van der Waals surface area contributed by atoms with Crippen LogP contribution < -0.4 is 11.1 Å². The van der Waals surface area contributed by atoms with Crippen molar-refractivity contribution < 1.29 is 54.6 Å². The molecule has 2 amide bonds. The minimum absolute atomic E-state index is 0.0169. The Morgan fingerprint density at radius 2 is 1.48 bits per heavy atom. The molecule has 3 aromatic rings. The highest BCUT2D eigenvalue weighted by atomic mass is 19.4. The molecule has 48 heavy (non-hydrogen) atoms. The van der Waals surface area contributed by atoms with E-state index in [1.165, 1.54) is 26.0 Å². The number of ketones is 1. The first-order chi connectivity index (χ1) is 22.4. The molecule has 0 bridgehead atoms. The number of carbonyl (C=O) groups is 3. The molecule has 258 valence electrons. The maximum Gasteiger partial charge on any atom is 0.416 e. The van der Waals surface area contributed by atoms with Crippen LogP contribution in [0.15, 0.2) is 72.8 Å². The summed E-state index contributed by atoms with van der Waals surface area (Å²) in [5.74, 6) is -3.90. The molecule has 3 N–H and O–H groups in total. The molecule has 0 heterocycles. The molecule has 0 spiro atoms. The summed E-state index contributed by atoms with van der Waals surface area (Å²) < 4.78 is 106. The van der Waals surface area contributed by atoms with Crippen LogP contribution in [-0.4, -0.2) is 29.4 Å². The molecule has 1 saturated carbocycles. The summed E-state index contributed by atoms with van der Waals surface area (Å²) >= 11 is 0. The van der Waals surface area contributed by atoms with Gasteiger partial charge in [-0.15, -0.1) is 0 Å². The second-order valence-electron chi connectivity index (χ2n) is 11.9. The maximum atomic E-state index is 13.8. The molecule has 0 aromatic heterocycles. The fraction of sp³-hybridized carbons (Fsp3) is 0.382. The van der Waals surface area contributed by atoms with Gasteiger partial charge >= 0.3 is 18.4 Å². The van der Waals surface area contributed by atoms with E-state index in [4.69, 9.17) is 15.2 Å². The fourth-order valence-electron chi connectivity index (χ4n) is 5.82. The molecular formula is C34H33F7N2O5. The quantitative estimate of drug-likeness (QED) is 0.202. The first-order valence-electron chi connectivity index (χ1n) is 14.9. The zero-order chi connectivity index (χ0) is 35.4. The molecule has 5 atom stereocenters. The summed E-state index contributed by atoms with van der Waals surface area (Å²) in [6, 6.07) is 14.9. The minimum atomic E-state index is -5.06. The smallest absolute Gasteiger partial charge is 0.416 e. The van der Waals surface area contributed by atoms with Gasteiger partial charge in [-0.1, -0.05) is 42.5 Å². The van der Waals surface area contributed by atoms with Crippen molar-refractivity contribution in [1.29, 1.82) is 0 Å². The number of carbonyl (C=O) groups excluding carboxylic acids is 3. The molecule has 14 heteroatoms. The normalized spacial score (nSPS) is 20.1. The number of hydrogen-bond acceptors (Lipinski definition) is 5. The molecule has 3 aromatic carbocycles. The molecule has 0 aliphatic heterocycles. The van der Waals surface area contributed by atoms with Crippen molar-refractivity contribution in [3.63, 3.8) is 0 Å². The number of alkyl halides is 6. The summed E-state index contributed by atoms with van der Waals surface area (Å²) in [7, 11) is 0. The molecule has 0 saturated heterocycles. The van der Waals surface area contributed by atoms with Gasteiger partial charge in [0.15, 0.2) is 0 Å². The van der Waals surface area contributed by atoms with Crippen molar-refractivity contribution >= 4 is 17.8 Å². The van der Waals surface area contributed by atoms with Crippen molar-refractivity contribution in [2.45, 2.75) is 75.7 Å². The average molecular weight is 683 g/mol. The van der Waals surface area contributed by atoms with Gasteiger partial charge in [-0.3, -0.25) is 9.59 Å². The second kappa shape index (κ2) is 14.3. The highest BCUT2D eigenvalue weighted by Gasteiger charge is 2.46. The SMILES string of the molecule is C[C@@H](O[C@H]1CC[C@@H](C(=O)C[C@@](C)(NC(=O)OCc2ccccc2)C(N)=O)[C@@H]1c1ccc(F)cc1)c1cc(C(F)(F)F)cc(C(F)(F)F)c1. The van der Waals surface area contributed by atoms with Gasteiger partial charge in [-0.25, -0.2) is 9.18 Å². The Kier molecular flexibility index (Phi) is 10.9. The van der Waals surface area contributed by atoms with E-state index in [0.717, 1.165) is 12.1 Å². The third-order valence-corrected chi connectivity index (χ3v) is 8.39. The Morgan fingerprint density at radius 1 is 0.896 bits per heavy atom. The number of rotatable bonds is 11. The number of nitrogens with two attached hydrogens (primary N) is 1. The zero-order valence-corrected chi connectivity index (χ0v) is 25.8. The van der Waals surface area contributed by atoms with Crippen LogP contribution in [0.3, 0.4) is 0 Å². The van der Waals surface area contributed by atoms with E-state index in [1.54, 1.807) is 30.3 Å². The van der Waals surface area contributed by atoms with Gasteiger partial charge in [0.1, 0.15) is 23.7 Å². The Labute approximate surface area is 271 Å². The molecule has 1 aliphatic carbocycles. The maximum absolute atomic E-state index is 13.8. The zero-order valence-electron chi connectivity index (χ0n) is 25.8. The van der Waals surface area contributed by atoms with Crippen LogP contribution in [0.2, 0.25) is 0 Å². The van der Waals surface area contributed by atoms with Gasteiger partial charge in [0.25, 0.3) is 0 Å². The van der Waals surface area contributed by atoms with Crippen molar-refractivity contribution in [2.24, 2.45) is 11.7 Å². The Balaban J connectivity index is 1.57. The van der Waals surface area contributed by atoms with Gasteiger partial charge in [-0.05, 0) is 73.7 Å². The van der Waals surface area contributed by atoms with Crippen molar-refractivity contribution in [3.8, 4) is 0 Å². The average Bonchev–Trinajstić information content (AvgIpc) is 3.43. The number of nitrogens with one attached hydrogen (secondary N) is 1. The first kappa shape index (κ1) is 36.4. The van der Waals surface area contributed by atoms with E-state index in [-0.39, 0.29) is 31.1 Å². The number of alkyl carbamates (subject to hydrolysis) is 1. The number of benzene rings is 3. The van der Waals surface area contributed by atoms with Crippen molar-refractivity contribution in [2.75, 3.05) is 0 Å². The van der Waals surface area contributed by atoms with E-state index < -0.39 is 83.1 Å². The summed E-state index contributed by atoms with van der Waals surface area (Å²) in [5.41, 5.74) is 1.39. The summed E-state index contributed by atoms with van der Waals surface area (Å²) in [4.78, 5) is 38.9. The van der Waals surface area contributed by atoms with Crippen LogP contribution in [0.4, 0.5) is 35.5 Å². The van der Waals surface area contributed by atoms with Gasteiger partial charge in [0.2, 0.25) is 5.91 Å². The van der Waals surface area contributed by atoms with Crippen LogP contribution >= 0.6 is 0 Å². The van der Waals surface area contributed by atoms with Crippen LogP contribution in [0.1, 0.15) is 72.9 Å². The summed E-state index contributed by atoms with van der Waals surface area (Å²) in [6.07, 6.45) is -13.6. The van der Waals surface area contributed by atoms with E-state index in [0.29, 0.717) is 23.3 Å². The molecule has 4 rings (SSSR count). The van der Waals surface area contributed by atoms with Gasteiger partial charge in [0, 0.05) is 18.3 Å². The highest BCUT2D eigenvalue weighted by molar-refractivity contribution is 5.95. The lowest BCUT2D eigenvalue weighted by atomic mass is 9.80. The predicted octanol–water partition coefficient (Wildman–Crippen LogP) is 7.63. The lowest BCUT2D eigenvalue weighted by Crippen LogP contribution is -2.57. The van der Waals surface area contributed by atoms with Crippen LogP contribution in [0.25, 0.3) is 0 Å². The van der Waals surface area contributed by atoms with Gasteiger partial charge in [0.05, 0.1) is 23.3 Å². The third-order valence-electron chi connectivity index (χ3n) is 8.39. The van der Waals surface area contributed by atoms with Crippen LogP contribution in [0, 0.1) is 11.7 Å². The highest BCUT2D eigenvalue weighted by Crippen LogP contribution is 2.46. The van der Waals surface area contributed by atoms with E-state index in [2.05, 4.69) is 5.32 Å². The molecular weight excluding hydrogens is 649 g/mol. The molecule has 0 unspecified atom stereocenters. The van der Waals surface area contributed by atoms with E-state index in [9.17, 15) is 45.1 Å². The number of Topliss-reactive ketones (excluding diaryl/α,β-unsaturated/α-hetero) is 1. The largest absolute Gasteiger partial charge is 0.445 e. The van der Waals surface area contributed by atoms with Crippen molar-refractivity contribution in [1.82, 2.24) is 5.32 Å². The molecule has 7 nitrogen and oxygen atoms in total. The lowest BCUT2D eigenvalue weighted by Gasteiger charge is -2.31. The molecule has 1 aliphatic rings. The summed E-state index contributed by atoms with van der Waals surface area (Å²) in [5, 5.41) is 2.36. The summed E-state index contributed by atoms with van der Waals surface area (Å²) in [6.45, 7) is 2.42. The monoisotopic (exact) mass is 682 g/mol. The Hall–Kier alpha value is -4.46. The van der Waals surface area contributed by atoms with Crippen molar-refractivity contribution in [3.05, 3.63) is 106 Å². The third kappa shape index (κ3) is 8.91. The van der Waals surface area contributed by atoms with Crippen LogP contribution in [-0.2, 0) is 38.0 Å². The molecule has 0 radical (unpaired) electrons. The minimum Gasteiger partial charge on any atom is -0.445 e. The first-order valence-corrected chi connectivity index (χ1v) is 14.9. The number of amides is 2. The number of ether oxygens (including phenoxy) is 2. The molecule has 1 fully saturated rings. The van der Waals surface area contributed by atoms with Gasteiger partial charge in [-0.2, -0.15) is 26.3 Å². The second-order valence-corrected chi connectivity index (χ2v) is 11.9. The Morgan fingerprint density at radius 3 is 2.02 bits per heavy atom. The lowest BCUT2D eigenvalue weighted by molar-refractivity contribution is -0.143. The van der Waals surface area contributed by atoms with Gasteiger partial charge < -0.3 is 20.5 Å². The number of hydrogen-bond donors (Lipinski definition) is 2. The number of primary amides is 1. The predicted molar refractivity (Wildman–Crippen MR) is 159 cm³/mol.